The molecule has 6 rings (SSSR count). The average Bonchev–Trinajstić information content (AvgIpc) is 3.52. The second kappa shape index (κ2) is 7.84. The van der Waals surface area contributed by atoms with Crippen molar-refractivity contribution < 1.29 is 42.9 Å². The highest BCUT2D eigenvalue weighted by atomic mass is 16.7. The number of methoxy groups -OCH3 is 1. The molecule has 9 heteroatoms. The van der Waals surface area contributed by atoms with Crippen molar-refractivity contribution in [2.24, 2.45) is 39.9 Å². The summed E-state index contributed by atoms with van der Waals surface area (Å²) in [7, 11) is 1.36. The molecule has 38 heavy (non-hydrogen) atoms. The number of furan rings is 1. The Morgan fingerprint density at radius 2 is 1.92 bits per heavy atom. The van der Waals surface area contributed by atoms with Crippen LogP contribution in [0.3, 0.4) is 0 Å². The molecule has 2 bridgehead atoms. The average molecular weight is 531 g/mol. The molecule has 0 amide bonds. The Morgan fingerprint density at radius 3 is 2.55 bits per heavy atom. The predicted molar refractivity (Wildman–Crippen MR) is 131 cm³/mol. The zero-order valence-electron chi connectivity index (χ0n) is 22.9. The Kier molecular flexibility index (Phi) is 5.34. The first-order valence-corrected chi connectivity index (χ1v) is 13.6. The molecule has 3 saturated heterocycles. The second-order valence-electron chi connectivity index (χ2n) is 13.3. The van der Waals surface area contributed by atoms with Crippen molar-refractivity contribution >= 4 is 17.9 Å². The molecule has 0 aromatic carbocycles. The van der Waals surface area contributed by atoms with Gasteiger partial charge in [-0.1, -0.05) is 27.7 Å². The second-order valence-corrected chi connectivity index (χ2v) is 13.3. The highest BCUT2D eigenvalue weighted by molar-refractivity contribution is 5.72. The number of hydrogen-bond donors (Lipinski definition) is 1. The van der Waals surface area contributed by atoms with Crippen LogP contribution in [0.2, 0.25) is 0 Å². The maximum absolute atomic E-state index is 13.1. The summed E-state index contributed by atoms with van der Waals surface area (Å²) in [6.45, 7) is 9.56. The van der Waals surface area contributed by atoms with Gasteiger partial charge in [0, 0.05) is 41.1 Å². The summed E-state index contributed by atoms with van der Waals surface area (Å²) in [5.74, 6) is -4.04. The van der Waals surface area contributed by atoms with Gasteiger partial charge in [0.2, 0.25) is 0 Å². The number of cyclic esters (lactones) is 1. The Labute approximate surface area is 222 Å². The van der Waals surface area contributed by atoms with Crippen LogP contribution in [-0.2, 0) is 33.3 Å². The minimum absolute atomic E-state index is 0.0599. The molecule has 1 spiro atoms. The molecule has 9 nitrogen and oxygen atoms in total. The van der Waals surface area contributed by atoms with E-state index in [0.717, 1.165) is 18.4 Å². The number of hydrogen-bond acceptors (Lipinski definition) is 9. The third-order valence-corrected chi connectivity index (χ3v) is 11.5. The van der Waals surface area contributed by atoms with Crippen LogP contribution in [0.4, 0.5) is 0 Å². The van der Waals surface area contributed by atoms with Crippen molar-refractivity contribution in [3.05, 3.63) is 24.2 Å². The van der Waals surface area contributed by atoms with Crippen LogP contribution < -0.4 is 0 Å². The van der Waals surface area contributed by atoms with Crippen molar-refractivity contribution in [2.45, 2.75) is 90.3 Å². The first-order chi connectivity index (χ1) is 17.8. The van der Waals surface area contributed by atoms with Gasteiger partial charge in [-0.2, -0.15) is 0 Å². The molecule has 4 heterocycles. The van der Waals surface area contributed by atoms with E-state index >= 15 is 0 Å². The highest BCUT2D eigenvalue weighted by Gasteiger charge is 2.87. The molecular formula is C29H38O9. The molecule has 10 atom stereocenters. The van der Waals surface area contributed by atoms with Gasteiger partial charge >= 0.3 is 17.9 Å². The third kappa shape index (κ3) is 2.92. The lowest BCUT2D eigenvalue weighted by molar-refractivity contribution is -0.320. The van der Waals surface area contributed by atoms with Gasteiger partial charge in [-0.25, -0.2) is 0 Å². The fourth-order valence-corrected chi connectivity index (χ4v) is 10.1. The number of fused-ring (bicyclic) bond motifs is 2. The maximum Gasteiger partial charge on any atom is 0.306 e. The summed E-state index contributed by atoms with van der Waals surface area (Å²) >= 11 is 0. The van der Waals surface area contributed by atoms with Gasteiger partial charge in [0.15, 0.2) is 5.79 Å². The van der Waals surface area contributed by atoms with Crippen LogP contribution in [0.25, 0.3) is 0 Å². The van der Waals surface area contributed by atoms with E-state index in [4.69, 9.17) is 23.4 Å². The molecule has 5 aliphatic rings. The quantitative estimate of drug-likeness (QED) is 0.456. The van der Waals surface area contributed by atoms with Gasteiger partial charge in [-0.05, 0) is 37.2 Å². The Morgan fingerprint density at radius 1 is 1.18 bits per heavy atom. The van der Waals surface area contributed by atoms with Crippen LogP contribution in [0.15, 0.2) is 23.0 Å². The number of ether oxygens (including phenoxy) is 4. The molecule has 1 aromatic rings. The summed E-state index contributed by atoms with van der Waals surface area (Å²) in [4.78, 5) is 38.2. The van der Waals surface area contributed by atoms with E-state index in [2.05, 4.69) is 6.92 Å². The van der Waals surface area contributed by atoms with Gasteiger partial charge in [-0.15, -0.1) is 0 Å². The van der Waals surface area contributed by atoms with E-state index in [1.165, 1.54) is 14.0 Å². The summed E-state index contributed by atoms with van der Waals surface area (Å²) in [6.07, 6.45) is 4.20. The molecule has 3 aliphatic heterocycles. The number of carbonyl (C=O) groups is 3. The molecule has 2 saturated carbocycles. The molecular weight excluding hydrogens is 492 g/mol. The van der Waals surface area contributed by atoms with Crippen LogP contribution in [0.5, 0.6) is 0 Å². The van der Waals surface area contributed by atoms with Crippen molar-refractivity contribution in [1.29, 1.82) is 0 Å². The first-order valence-electron chi connectivity index (χ1n) is 13.6. The summed E-state index contributed by atoms with van der Waals surface area (Å²) < 4.78 is 29.2. The fourth-order valence-electron chi connectivity index (χ4n) is 10.1. The van der Waals surface area contributed by atoms with Crippen LogP contribution >= 0.6 is 0 Å². The van der Waals surface area contributed by atoms with Crippen LogP contribution in [0, 0.1) is 39.9 Å². The third-order valence-electron chi connectivity index (χ3n) is 11.5. The lowest BCUT2D eigenvalue weighted by Crippen LogP contribution is -2.72. The molecule has 1 N–H and O–H groups in total. The zero-order valence-corrected chi connectivity index (χ0v) is 22.9. The summed E-state index contributed by atoms with van der Waals surface area (Å²) in [5, 5.41) is 12.6. The van der Waals surface area contributed by atoms with Crippen molar-refractivity contribution in [3.8, 4) is 0 Å². The number of esters is 3. The Hall–Kier alpha value is -2.39. The van der Waals surface area contributed by atoms with Gasteiger partial charge < -0.3 is 28.5 Å². The molecule has 5 fully saturated rings. The summed E-state index contributed by atoms with van der Waals surface area (Å²) in [6, 6.07) is 1.83. The Bertz CT molecular complexity index is 1170. The fraction of sp³-hybridized carbons (Fsp3) is 0.759. The topological polar surface area (TPSA) is 122 Å². The van der Waals surface area contributed by atoms with E-state index in [1.807, 2.05) is 26.8 Å². The van der Waals surface area contributed by atoms with Gasteiger partial charge in [0.05, 0.1) is 37.6 Å². The van der Waals surface area contributed by atoms with E-state index in [1.54, 1.807) is 12.5 Å². The standard InChI is InChI=1S/C29H38O9/c1-15(30)36-24-17-13-28-18(27(5,29(17,33)38-28)19(25(24,2)3)11-21(31)34-6)7-9-26(4)20(28)12-22(32)37-23(26)16-8-10-35-14-16/h8,10,14,17-20,23-24,33H,7,9,11-13H2,1-6H3. The van der Waals surface area contributed by atoms with E-state index in [0.29, 0.717) is 6.42 Å². The van der Waals surface area contributed by atoms with Gasteiger partial charge in [0.1, 0.15) is 12.2 Å². The minimum Gasteiger partial charge on any atom is -0.472 e. The Balaban J connectivity index is 1.51. The van der Waals surface area contributed by atoms with Gasteiger partial charge in [-0.3, -0.25) is 14.4 Å². The molecule has 1 aromatic heterocycles. The first kappa shape index (κ1) is 25.9. The van der Waals surface area contributed by atoms with E-state index in [-0.39, 0.29) is 36.6 Å². The highest BCUT2D eigenvalue weighted by Crippen LogP contribution is 2.81. The van der Waals surface area contributed by atoms with Crippen LogP contribution in [0.1, 0.15) is 78.4 Å². The molecule has 2 aliphatic carbocycles. The number of aliphatic hydroxyl groups is 1. The van der Waals surface area contributed by atoms with E-state index in [9.17, 15) is 19.5 Å². The lowest BCUT2D eigenvalue weighted by Gasteiger charge is -2.66. The van der Waals surface area contributed by atoms with E-state index < -0.39 is 57.6 Å². The molecule has 208 valence electrons. The lowest BCUT2D eigenvalue weighted by atomic mass is 9.37. The molecule has 10 unspecified atom stereocenters. The van der Waals surface area contributed by atoms with Gasteiger partial charge in [0.25, 0.3) is 0 Å². The number of rotatable bonds is 4. The minimum atomic E-state index is -1.64. The smallest absolute Gasteiger partial charge is 0.306 e. The van der Waals surface area contributed by atoms with Crippen molar-refractivity contribution in [3.63, 3.8) is 0 Å². The predicted octanol–water partition coefficient (Wildman–Crippen LogP) is 3.93. The van der Waals surface area contributed by atoms with Crippen LogP contribution in [-0.4, -0.2) is 47.6 Å². The number of carbonyl (C=O) groups excluding carboxylic acids is 3. The maximum atomic E-state index is 13.1. The van der Waals surface area contributed by atoms with Crippen molar-refractivity contribution in [2.75, 3.05) is 7.11 Å². The van der Waals surface area contributed by atoms with Crippen molar-refractivity contribution in [1.82, 2.24) is 0 Å². The SMILES string of the molecule is COC(=O)CC1C(C)(C)C(OC(C)=O)C2CC34OC2(O)C1(C)C3CCC1(C)C(c2ccoc2)OC(=O)CC14. The normalized spacial score (nSPS) is 48.0. The summed E-state index contributed by atoms with van der Waals surface area (Å²) in [5.41, 5.74) is -1.97. The zero-order chi connectivity index (χ0) is 27.5. The largest absolute Gasteiger partial charge is 0.472 e. The molecule has 0 radical (unpaired) electrons. The monoisotopic (exact) mass is 530 g/mol.